The number of pyridine rings is 1. The lowest BCUT2D eigenvalue weighted by atomic mass is 9.93. The predicted octanol–water partition coefficient (Wildman–Crippen LogP) is 2.91. The Morgan fingerprint density at radius 2 is 1.93 bits per heavy atom. The fourth-order valence-corrected chi connectivity index (χ4v) is 4.16. The molecule has 2 aliphatic rings. The Morgan fingerprint density at radius 3 is 2.54 bits per heavy atom. The molecule has 0 aromatic carbocycles. The number of nitrogens with one attached hydrogen (secondary N) is 1. The molecule has 1 N–H and O–H groups in total. The maximum atomic E-state index is 13.0. The van der Waals surface area contributed by atoms with E-state index >= 15 is 0 Å². The standard InChI is InChI=1S/C21H29N5O2/c1-21(2,3)20(28)26-10-6-7-15(26)17-16-13(19(27)22-4)11-14(12-8-9-12)23-18(16)25(5)24-17/h11-12,15H,6-10H2,1-5H3,(H,22,27). The predicted molar refractivity (Wildman–Crippen MR) is 107 cm³/mol. The lowest BCUT2D eigenvalue weighted by molar-refractivity contribution is -0.140. The van der Waals surface area contributed by atoms with Crippen molar-refractivity contribution in [1.82, 2.24) is 25.0 Å². The molecule has 2 aromatic heterocycles. The van der Waals surface area contributed by atoms with Crippen molar-refractivity contribution in [2.24, 2.45) is 12.5 Å². The van der Waals surface area contributed by atoms with Crippen LogP contribution in [0.3, 0.4) is 0 Å². The van der Waals surface area contributed by atoms with Gasteiger partial charge in [-0.05, 0) is 31.7 Å². The van der Waals surface area contributed by atoms with E-state index in [0.29, 0.717) is 11.5 Å². The Morgan fingerprint density at radius 1 is 1.21 bits per heavy atom. The van der Waals surface area contributed by atoms with Gasteiger partial charge in [0.2, 0.25) is 5.91 Å². The zero-order valence-corrected chi connectivity index (χ0v) is 17.4. The molecule has 0 bridgehead atoms. The Labute approximate surface area is 165 Å². The Bertz CT molecular complexity index is 952. The van der Waals surface area contributed by atoms with E-state index in [1.54, 1.807) is 11.7 Å². The van der Waals surface area contributed by atoms with Gasteiger partial charge in [0, 0.05) is 37.7 Å². The van der Waals surface area contributed by atoms with Gasteiger partial charge in [-0.15, -0.1) is 0 Å². The quantitative estimate of drug-likeness (QED) is 0.884. The molecule has 0 radical (unpaired) electrons. The van der Waals surface area contributed by atoms with Crippen LogP contribution in [0.15, 0.2) is 6.07 Å². The van der Waals surface area contributed by atoms with Gasteiger partial charge in [0.15, 0.2) is 5.65 Å². The van der Waals surface area contributed by atoms with Gasteiger partial charge in [-0.3, -0.25) is 14.3 Å². The van der Waals surface area contributed by atoms with Crippen LogP contribution in [0.5, 0.6) is 0 Å². The van der Waals surface area contributed by atoms with E-state index < -0.39 is 5.41 Å². The molecule has 1 saturated carbocycles. The summed E-state index contributed by atoms with van der Waals surface area (Å²) >= 11 is 0. The zero-order valence-electron chi connectivity index (χ0n) is 17.4. The van der Waals surface area contributed by atoms with Crippen molar-refractivity contribution < 1.29 is 9.59 Å². The van der Waals surface area contributed by atoms with Crippen molar-refractivity contribution in [3.05, 3.63) is 23.0 Å². The number of amides is 2. The van der Waals surface area contributed by atoms with Crippen LogP contribution in [0, 0.1) is 5.41 Å². The van der Waals surface area contributed by atoms with E-state index in [1.165, 1.54) is 0 Å². The smallest absolute Gasteiger partial charge is 0.251 e. The van der Waals surface area contributed by atoms with Gasteiger partial charge in [0.1, 0.15) is 0 Å². The maximum absolute atomic E-state index is 13.0. The maximum Gasteiger partial charge on any atom is 0.251 e. The Kier molecular flexibility index (Phi) is 4.43. The number of aromatic nitrogens is 3. The first kappa shape index (κ1) is 18.9. The van der Waals surface area contributed by atoms with Gasteiger partial charge in [0.25, 0.3) is 5.91 Å². The summed E-state index contributed by atoms with van der Waals surface area (Å²) < 4.78 is 1.76. The van der Waals surface area contributed by atoms with Gasteiger partial charge >= 0.3 is 0 Å². The molecule has 1 aliphatic carbocycles. The Hall–Kier alpha value is -2.44. The minimum Gasteiger partial charge on any atom is -0.355 e. The summed E-state index contributed by atoms with van der Waals surface area (Å²) in [5.41, 5.74) is 2.66. The molecular weight excluding hydrogens is 354 g/mol. The van der Waals surface area contributed by atoms with E-state index in [4.69, 9.17) is 10.1 Å². The van der Waals surface area contributed by atoms with Gasteiger partial charge in [-0.25, -0.2) is 4.98 Å². The lowest BCUT2D eigenvalue weighted by Crippen LogP contribution is -2.39. The van der Waals surface area contributed by atoms with Crippen LogP contribution in [-0.4, -0.2) is 45.1 Å². The summed E-state index contributed by atoms with van der Waals surface area (Å²) in [5, 5.41) is 8.31. The molecule has 1 atom stereocenters. The molecule has 28 heavy (non-hydrogen) atoms. The largest absolute Gasteiger partial charge is 0.355 e. The van der Waals surface area contributed by atoms with Gasteiger partial charge in [-0.2, -0.15) is 5.10 Å². The number of fused-ring (bicyclic) bond motifs is 1. The minimum atomic E-state index is -0.450. The molecule has 1 aliphatic heterocycles. The molecule has 1 saturated heterocycles. The third-order valence-corrected chi connectivity index (χ3v) is 5.78. The third kappa shape index (κ3) is 3.06. The van der Waals surface area contributed by atoms with Crippen molar-refractivity contribution in [1.29, 1.82) is 0 Å². The van der Waals surface area contributed by atoms with Crippen molar-refractivity contribution in [3.63, 3.8) is 0 Å². The molecule has 7 heteroatoms. The monoisotopic (exact) mass is 383 g/mol. The van der Waals surface area contributed by atoms with E-state index in [0.717, 1.165) is 54.6 Å². The van der Waals surface area contributed by atoms with Crippen molar-refractivity contribution >= 4 is 22.8 Å². The van der Waals surface area contributed by atoms with Crippen LogP contribution in [-0.2, 0) is 11.8 Å². The Balaban J connectivity index is 1.88. The fourth-order valence-electron chi connectivity index (χ4n) is 4.16. The van der Waals surface area contributed by atoms with Crippen LogP contribution in [0.4, 0.5) is 0 Å². The summed E-state index contributed by atoms with van der Waals surface area (Å²) in [6.45, 7) is 6.56. The number of carbonyl (C=O) groups is 2. The highest BCUT2D eigenvalue weighted by Crippen LogP contribution is 2.42. The van der Waals surface area contributed by atoms with Crippen LogP contribution in [0.2, 0.25) is 0 Å². The van der Waals surface area contributed by atoms with Crippen LogP contribution in [0.1, 0.15) is 80.2 Å². The third-order valence-electron chi connectivity index (χ3n) is 5.78. The number of rotatable bonds is 3. The highest BCUT2D eigenvalue weighted by atomic mass is 16.2. The summed E-state index contributed by atoms with van der Waals surface area (Å²) in [4.78, 5) is 32.5. The zero-order chi connectivity index (χ0) is 20.2. The summed E-state index contributed by atoms with van der Waals surface area (Å²) in [6, 6.07) is 1.81. The normalized spacial score (nSPS) is 20.0. The number of hydrogen-bond acceptors (Lipinski definition) is 4. The second kappa shape index (κ2) is 6.57. The van der Waals surface area contributed by atoms with Crippen LogP contribution >= 0.6 is 0 Å². The summed E-state index contributed by atoms with van der Waals surface area (Å²) in [5.74, 6) is 0.435. The first-order valence-electron chi connectivity index (χ1n) is 10.1. The molecule has 0 spiro atoms. The fraction of sp³-hybridized carbons (Fsp3) is 0.619. The average Bonchev–Trinajstić information content (AvgIpc) is 3.30. The molecule has 2 aromatic rings. The molecular formula is C21H29N5O2. The number of likely N-dealkylation sites (tertiary alicyclic amines) is 1. The van der Waals surface area contributed by atoms with Gasteiger partial charge in [0.05, 0.1) is 22.7 Å². The molecule has 3 heterocycles. The van der Waals surface area contributed by atoms with Crippen molar-refractivity contribution in [3.8, 4) is 0 Å². The van der Waals surface area contributed by atoms with Crippen molar-refractivity contribution in [2.45, 2.75) is 58.4 Å². The summed E-state index contributed by atoms with van der Waals surface area (Å²) in [6.07, 6.45) is 4.03. The molecule has 7 nitrogen and oxygen atoms in total. The number of aryl methyl sites for hydroxylation is 1. The molecule has 1 unspecified atom stereocenters. The van der Waals surface area contributed by atoms with E-state index in [9.17, 15) is 9.59 Å². The summed E-state index contributed by atoms with van der Waals surface area (Å²) in [7, 11) is 3.51. The topological polar surface area (TPSA) is 80.1 Å². The van der Waals surface area contributed by atoms with Crippen LogP contribution < -0.4 is 5.32 Å². The van der Waals surface area contributed by atoms with E-state index in [2.05, 4.69) is 5.32 Å². The molecule has 2 amide bonds. The first-order chi connectivity index (χ1) is 13.2. The lowest BCUT2D eigenvalue weighted by Gasteiger charge is -2.30. The van der Waals surface area contributed by atoms with Gasteiger partial charge < -0.3 is 10.2 Å². The second-order valence-electron chi connectivity index (χ2n) is 9.06. The SMILES string of the molecule is CNC(=O)c1cc(C2CC2)nc2c1c(C1CCCN1C(=O)C(C)(C)C)nn2C. The van der Waals surface area contributed by atoms with E-state index in [-0.39, 0.29) is 17.9 Å². The second-order valence-corrected chi connectivity index (χ2v) is 9.06. The minimum absolute atomic E-state index is 0.118. The first-order valence-corrected chi connectivity index (χ1v) is 10.1. The molecule has 4 rings (SSSR count). The van der Waals surface area contributed by atoms with Crippen LogP contribution in [0.25, 0.3) is 11.0 Å². The number of hydrogen-bond donors (Lipinski definition) is 1. The number of nitrogens with zero attached hydrogens (tertiary/aromatic N) is 4. The average molecular weight is 383 g/mol. The van der Waals surface area contributed by atoms with E-state index in [1.807, 2.05) is 38.8 Å². The highest BCUT2D eigenvalue weighted by molar-refractivity contribution is 6.06. The molecule has 2 fully saturated rings. The highest BCUT2D eigenvalue weighted by Gasteiger charge is 2.39. The molecule has 150 valence electrons. The van der Waals surface area contributed by atoms with Crippen molar-refractivity contribution in [2.75, 3.05) is 13.6 Å². The van der Waals surface area contributed by atoms with Gasteiger partial charge in [-0.1, -0.05) is 20.8 Å². The number of carbonyl (C=O) groups excluding carboxylic acids is 2.